The van der Waals surface area contributed by atoms with Gasteiger partial charge in [-0.3, -0.25) is 0 Å². The van der Waals surface area contributed by atoms with Crippen LogP contribution in [0.1, 0.15) is 18.5 Å². The summed E-state index contributed by atoms with van der Waals surface area (Å²) in [6.07, 6.45) is 0. The van der Waals surface area contributed by atoms with Gasteiger partial charge in [-0.25, -0.2) is 13.6 Å². The van der Waals surface area contributed by atoms with Gasteiger partial charge in [0.2, 0.25) is 10.0 Å². The first kappa shape index (κ1) is 13.1. The first-order chi connectivity index (χ1) is 8.47. The zero-order valence-electron chi connectivity index (χ0n) is 9.83. The molecule has 0 aliphatic carbocycles. The normalized spacial score (nSPS) is 13.2. The summed E-state index contributed by atoms with van der Waals surface area (Å²) in [5.74, 6) is 0. The van der Waals surface area contributed by atoms with E-state index in [1.54, 1.807) is 23.5 Å². The molecule has 0 fully saturated rings. The maximum Gasteiger partial charge on any atom is 0.238 e. The maximum absolute atomic E-state index is 11.1. The number of primary sulfonamides is 1. The van der Waals surface area contributed by atoms with Crippen LogP contribution in [-0.2, 0) is 10.0 Å². The Labute approximate surface area is 111 Å². The first-order valence-electron chi connectivity index (χ1n) is 5.38. The van der Waals surface area contributed by atoms with Crippen molar-refractivity contribution < 1.29 is 8.42 Å². The van der Waals surface area contributed by atoms with E-state index in [4.69, 9.17) is 5.14 Å². The molecule has 4 nitrogen and oxygen atoms in total. The van der Waals surface area contributed by atoms with Crippen molar-refractivity contribution in [3.63, 3.8) is 0 Å². The Morgan fingerprint density at radius 1 is 1.22 bits per heavy atom. The second-order valence-corrected chi connectivity index (χ2v) is 6.33. The zero-order valence-corrected chi connectivity index (χ0v) is 11.5. The van der Waals surface area contributed by atoms with Gasteiger partial charge >= 0.3 is 0 Å². The van der Waals surface area contributed by atoms with Gasteiger partial charge in [0.05, 0.1) is 4.90 Å². The van der Waals surface area contributed by atoms with Crippen molar-refractivity contribution in [3.8, 4) is 0 Å². The SMILES string of the molecule is CC(Nc1ccc(S(N)(=O)=O)cc1)c1ccsc1. The van der Waals surface area contributed by atoms with Crippen LogP contribution in [0.5, 0.6) is 0 Å². The molecule has 1 unspecified atom stereocenters. The van der Waals surface area contributed by atoms with E-state index in [1.165, 1.54) is 17.7 Å². The molecule has 3 N–H and O–H groups in total. The van der Waals surface area contributed by atoms with E-state index in [2.05, 4.69) is 23.7 Å². The number of thiophene rings is 1. The smallest absolute Gasteiger partial charge is 0.238 e. The van der Waals surface area contributed by atoms with Gasteiger partial charge in [-0.05, 0) is 53.6 Å². The summed E-state index contributed by atoms with van der Waals surface area (Å²) in [5.41, 5.74) is 2.07. The lowest BCUT2D eigenvalue weighted by molar-refractivity contribution is 0.598. The number of rotatable bonds is 4. The Hall–Kier alpha value is -1.37. The molecule has 0 saturated heterocycles. The zero-order chi connectivity index (χ0) is 13.2. The van der Waals surface area contributed by atoms with Gasteiger partial charge in [0.15, 0.2) is 0 Å². The number of anilines is 1. The Morgan fingerprint density at radius 2 is 1.89 bits per heavy atom. The van der Waals surface area contributed by atoms with Crippen LogP contribution in [0.25, 0.3) is 0 Å². The van der Waals surface area contributed by atoms with E-state index in [1.807, 2.05) is 5.38 Å². The fourth-order valence-electron chi connectivity index (χ4n) is 1.60. The highest BCUT2D eigenvalue weighted by atomic mass is 32.2. The minimum Gasteiger partial charge on any atom is -0.378 e. The lowest BCUT2D eigenvalue weighted by Gasteiger charge is -2.14. The molecule has 0 amide bonds. The molecule has 6 heteroatoms. The third-order valence-corrected chi connectivity index (χ3v) is 4.24. The van der Waals surface area contributed by atoms with Gasteiger partial charge in [0, 0.05) is 11.7 Å². The molecule has 1 heterocycles. The molecule has 18 heavy (non-hydrogen) atoms. The van der Waals surface area contributed by atoms with Crippen LogP contribution >= 0.6 is 11.3 Å². The van der Waals surface area contributed by atoms with Crippen molar-refractivity contribution in [1.29, 1.82) is 0 Å². The van der Waals surface area contributed by atoms with E-state index in [9.17, 15) is 8.42 Å². The first-order valence-corrected chi connectivity index (χ1v) is 7.87. The minimum atomic E-state index is -3.62. The van der Waals surface area contributed by atoms with Crippen molar-refractivity contribution >= 4 is 27.0 Å². The quantitative estimate of drug-likeness (QED) is 0.905. The van der Waals surface area contributed by atoms with Crippen LogP contribution in [0.3, 0.4) is 0 Å². The van der Waals surface area contributed by atoms with Gasteiger partial charge in [-0.15, -0.1) is 0 Å². The van der Waals surface area contributed by atoms with Crippen LogP contribution < -0.4 is 10.5 Å². The second-order valence-electron chi connectivity index (χ2n) is 3.99. The van der Waals surface area contributed by atoms with E-state index < -0.39 is 10.0 Å². The molecule has 0 saturated carbocycles. The number of nitrogens with two attached hydrogens (primary N) is 1. The molecule has 2 rings (SSSR count). The molecule has 0 aliphatic heterocycles. The molecular weight excluding hydrogens is 268 g/mol. The molecule has 0 radical (unpaired) electrons. The fraction of sp³-hybridized carbons (Fsp3) is 0.167. The predicted molar refractivity (Wildman–Crippen MR) is 74.2 cm³/mol. The summed E-state index contributed by atoms with van der Waals surface area (Å²) in [7, 11) is -3.62. The van der Waals surface area contributed by atoms with Crippen molar-refractivity contribution in [2.45, 2.75) is 17.9 Å². The highest BCUT2D eigenvalue weighted by Crippen LogP contribution is 2.21. The second kappa shape index (κ2) is 5.09. The minimum absolute atomic E-state index is 0.122. The van der Waals surface area contributed by atoms with Crippen molar-refractivity contribution in [2.75, 3.05) is 5.32 Å². The molecule has 0 aliphatic rings. The summed E-state index contributed by atoms with van der Waals surface area (Å²) >= 11 is 1.65. The molecule has 1 atom stereocenters. The number of sulfonamides is 1. The highest BCUT2D eigenvalue weighted by Gasteiger charge is 2.08. The molecule has 96 valence electrons. The molecular formula is C12H14N2O2S2. The van der Waals surface area contributed by atoms with E-state index in [-0.39, 0.29) is 10.9 Å². The van der Waals surface area contributed by atoms with Gasteiger partial charge in [0.1, 0.15) is 0 Å². The lowest BCUT2D eigenvalue weighted by atomic mass is 10.2. The standard InChI is InChI=1S/C12H14N2O2S2/c1-9(10-6-7-17-8-10)14-11-2-4-12(5-3-11)18(13,15)16/h2-9,14H,1H3,(H2,13,15,16). The van der Waals surface area contributed by atoms with Crippen molar-refractivity contribution in [2.24, 2.45) is 5.14 Å². The Morgan fingerprint density at radius 3 is 2.39 bits per heavy atom. The van der Waals surface area contributed by atoms with E-state index in [0.717, 1.165) is 5.69 Å². The summed E-state index contributed by atoms with van der Waals surface area (Å²) in [6, 6.07) is 8.65. The van der Waals surface area contributed by atoms with Crippen LogP contribution in [0.2, 0.25) is 0 Å². The third kappa shape index (κ3) is 3.10. The number of benzene rings is 1. The molecule has 1 aromatic heterocycles. The van der Waals surface area contributed by atoms with Crippen molar-refractivity contribution in [3.05, 3.63) is 46.7 Å². The average molecular weight is 282 g/mol. The summed E-state index contributed by atoms with van der Waals surface area (Å²) in [4.78, 5) is 0.122. The van der Waals surface area contributed by atoms with Gasteiger partial charge in [-0.1, -0.05) is 0 Å². The number of nitrogens with one attached hydrogen (secondary N) is 1. The third-order valence-electron chi connectivity index (χ3n) is 2.61. The van der Waals surface area contributed by atoms with E-state index in [0.29, 0.717) is 0 Å². The van der Waals surface area contributed by atoms with Gasteiger partial charge < -0.3 is 5.32 Å². The average Bonchev–Trinajstić information content (AvgIpc) is 2.82. The van der Waals surface area contributed by atoms with Crippen LogP contribution in [0, 0.1) is 0 Å². The molecule has 0 spiro atoms. The van der Waals surface area contributed by atoms with Crippen molar-refractivity contribution in [1.82, 2.24) is 0 Å². The van der Waals surface area contributed by atoms with E-state index >= 15 is 0 Å². The summed E-state index contributed by atoms with van der Waals surface area (Å²) in [5, 5.41) is 12.4. The Kier molecular flexibility index (Phi) is 3.70. The number of hydrogen-bond acceptors (Lipinski definition) is 4. The summed E-state index contributed by atoms with van der Waals surface area (Å²) in [6.45, 7) is 2.05. The fourth-order valence-corrected chi connectivity index (χ4v) is 2.87. The van der Waals surface area contributed by atoms with Crippen LogP contribution in [-0.4, -0.2) is 8.42 Å². The molecule has 1 aromatic carbocycles. The lowest BCUT2D eigenvalue weighted by Crippen LogP contribution is -2.12. The van der Waals surface area contributed by atoms with Crippen LogP contribution in [0.4, 0.5) is 5.69 Å². The summed E-state index contributed by atoms with van der Waals surface area (Å²) < 4.78 is 22.2. The predicted octanol–water partition coefficient (Wildman–Crippen LogP) is 2.57. The van der Waals surface area contributed by atoms with Gasteiger partial charge in [0.25, 0.3) is 0 Å². The number of hydrogen-bond donors (Lipinski definition) is 2. The Balaban J connectivity index is 2.12. The molecule has 2 aromatic rings. The largest absolute Gasteiger partial charge is 0.378 e. The van der Waals surface area contributed by atoms with Gasteiger partial charge in [-0.2, -0.15) is 11.3 Å². The monoisotopic (exact) mass is 282 g/mol. The maximum atomic E-state index is 11.1. The highest BCUT2D eigenvalue weighted by molar-refractivity contribution is 7.89. The molecule has 0 bridgehead atoms. The van der Waals surface area contributed by atoms with Crippen LogP contribution in [0.15, 0.2) is 46.0 Å². The Bertz CT molecular complexity index is 604. The topological polar surface area (TPSA) is 72.2 Å².